The molecule has 1 aliphatic carbocycles. The molecule has 1 heterocycles. The van der Waals surface area contributed by atoms with Crippen molar-refractivity contribution in [3.63, 3.8) is 0 Å². The number of hydrogen-bond donors (Lipinski definition) is 0. The fourth-order valence-electron chi connectivity index (χ4n) is 2.86. The summed E-state index contributed by atoms with van der Waals surface area (Å²) < 4.78 is 0. The summed E-state index contributed by atoms with van der Waals surface area (Å²) in [6, 6.07) is 6.18. The number of benzene rings is 1. The highest BCUT2D eigenvalue weighted by molar-refractivity contribution is 6.64. The number of allylic oxidation sites excluding steroid dienone is 5. The number of carbonyl (C=O) groups excluding carboxylic acids is 1. The van der Waals surface area contributed by atoms with E-state index >= 15 is 0 Å². The van der Waals surface area contributed by atoms with Crippen LogP contribution in [0.1, 0.15) is 19.4 Å². The van der Waals surface area contributed by atoms with E-state index in [-0.39, 0.29) is 10.8 Å². The summed E-state index contributed by atoms with van der Waals surface area (Å²) in [5.41, 5.74) is 4.21. The average Bonchev–Trinajstić information content (AvgIpc) is 2.62. The lowest BCUT2D eigenvalue weighted by Gasteiger charge is -2.21. The maximum atomic E-state index is 12.1. The molecule has 1 aromatic rings. The number of amidine groups is 1. The van der Waals surface area contributed by atoms with Crippen LogP contribution in [0.2, 0.25) is 0 Å². The summed E-state index contributed by atoms with van der Waals surface area (Å²) in [7, 11) is 0. The normalized spacial score (nSPS) is 17.8. The average molecular weight is 354 g/mol. The Bertz CT molecular complexity index is 871. The molecule has 0 amide bonds. The number of anilines is 1. The van der Waals surface area contributed by atoms with Crippen molar-refractivity contribution in [2.24, 2.45) is 9.98 Å². The topological polar surface area (TPSA) is 45.0 Å². The fourth-order valence-corrected chi connectivity index (χ4v) is 3.02. The number of Topliss-reactive ketones (excluding diaryl/α,β-unsaturated/α-hetero) is 1. The highest BCUT2D eigenvalue weighted by atomic mass is 35.5. The lowest BCUT2D eigenvalue weighted by Crippen LogP contribution is -2.22. The van der Waals surface area contributed by atoms with Gasteiger partial charge in [-0.1, -0.05) is 17.7 Å². The summed E-state index contributed by atoms with van der Waals surface area (Å²) in [5.74, 6) is 0.246. The summed E-state index contributed by atoms with van der Waals surface area (Å²) in [5, 5.41) is 0.178. The van der Waals surface area contributed by atoms with Gasteiger partial charge in [-0.2, -0.15) is 0 Å². The first kappa shape index (κ1) is 17.4. The Kier molecular flexibility index (Phi) is 5.00. The first-order valence-corrected chi connectivity index (χ1v) is 8.75. The quantitative estimate of drug-likeness (QED) is 0.747. The van der Waals surface area contributed by atoms with Gasteiger partial charge in [0.2, 0.25) is 5.78 Å². The molecule has 5 heteroatoms. The largest absolute Gasteiger partial charge is 0.372 e. The molecule has 1 aliphatic heterocycles. The number of aryl methyl sites for hydroxylation is 1. The van der Waals surface area contributed by atoms with Crippen LogP contribution in [0.5, 0.6) is 0 Å². The molecular formula is C20H20ClN3O. The number of hydrogen-bond acceptors (Lipinski definition) is 3. The molecule has 0 spiro atoms. The van der Waals surface area contributed by atoms with Crippen LogP contribution in [0.3, 0.4) is 0 Å². The van der Waals surface area contributed by atoms with Gasteiger partial charge < -0.3 is 4.90 Å². The van der Waals surface area contributed by atoms with Gasteiger partial charge >= 0.3 is 0 Å². The molecule has 0 fully saturated rings. The summed E-state index contributed by atoms with van der Waals surface area (Å²) in [4.78, 5) is 23.4. The van der Waals surface area contributed by atoms with Crippen molar-refractivity contribution < 1.29 is 4.79 Å². The van der Waals surface area contributed by atoms with Gasteiger partial charge in [0.25, 0.3) is 0 Å². The Balaban J connectivity index is 1.92. The van der Waals surface area contributed by atoms with E-state index in [1.165, 1.54) is 5.69 Å². The molecule has 25 heavy (non-hydrogen) atoms. The van der Waals surface area contributed by atoms with Crippen LogP contribution in [-0.2, 0) is 4.79 Å². The zero-order valence-electron chi connectivity index (χ0n) is 14.6. The minimum Gasteiger partial charge on any atom is -0.372 e. The van der Waals surface area contributed by atoms with Crippen LogP contribution < -0.4 is 4.90 Å². The minimum absolute atomic E-state index is 0.178. The van der Waals surface area contributed by atoms with Crippen molar-refractivity contribution in [1.29, 1.82) is 0 Å². The smallest absolute Gasteiger partial charge is 0.223 e. The van der Waals surface area contributed by atoms with Crippen LogP contribution in [0.25, 0.3) is 0 Å². The van der Waals surface area contributed by atoms with Gasteiger partial charge in [0, 0.05) is 24.4 Å². The fraction of sp³-hybridized carbons (Fsp3) is 0.250. The predicted molar refractivity (Wildman–Crippen MR) is 105 cm³/mol. The molecule has 0 aromatic heterocycles. The molecule has 128 valence electrons. The van der Waals surface area contributed by atoms with Crippen LogP contribution in [-0.4, -0.2) is 30.4 Å². The number of fused-ring (bicyclic) bond motifs is 1. The van der Waals surface area contributed by atoms with Crippen molar-refractivity contribution >= 4 is 40.3 Å². The third kappa shape index (κ3) is 3.49. The maximum Gasteiger partial charge on any atom is 0.223 e. The third-order valence-electron chi connectivity index (χ3n) is 4.30. The molecule has 3 rings (SSSR count). The van der Waals surface area contributed by atoms with E-state index in [0.29, 0.717) is 11.5 Å². The van der Waals surface area contributed by atoms with Gasteiger partial charge in [-0.3, -0.25) is 4.79 Å². The van der Waals surface area contributed by atoms with Crippen molar-refractivity contribution in [3.8, 4) is 0 Å². The first-order chi connectivity index (χ1) is 12.0. The summed E-state index contributed by atoms with van der Waals surface area (Å²) >= 11 is 5.91. The van der Waals surface area contributed by atoms with E-state index in [0.717, 1.165) is 29.9 Å². The van der Waals surface area contributed by atoms with Gasteiger partial charge in [-0.05, 0) is 62.8 Å². The molecule has 0 saturated carbocycles. The van der Waals surface area contributed by atoms with E-state index in [4.69, 9.17) is 11.6 Å². The predicted octanol–water partition coefficient (Wildman–Crippen LogP) is 4.51. The summed E-state index contributed by atoms with van der Waals surface area (Å²) in [6.45, 7) is 8.24. The van der Waals surface area contributed by atoms with E-state index in [9.17, 15) is 4.79 Å². The second-order valence-electron chi connectivity index (χ2n) is 5.87. The number of rotatable bonds is 4. The van der Waals surface area contributed by atoms with Crippen molar-refractivity contribution in [3.05, 3.63) is 58.7 Å². The SMILES string of the molecule is CCN(CC)c1ccc(N=C2C=CC3=CC=C(Cl)C(=O)C3=N2)c(C)c1. The monoisotopic (exact) mass is 353 g/mol. The Morgan fingerprint density at radius 1 is 1.16 bits per heavy atom. The van der Waals surface area contributed by atoms with Crippen LogP contribution in [0.15, 0.2) is 63.1 Å². The second-order valence-corrected chi connectivity index (χ2v) is 6.28. The zero-order valence-corrected chi connectivity index (χ0v) is 15.3. The Morgan fingerprint density at radius 3 is 2.60 bits per heavy atom. The number of carbonyl (C=O) groups is 1. The van der Waals surface area contributed by atoms with Gasteiger partial charge in [0.15, 0.2) is 5.84 Å². The molecule has 2 aliphatic rings. The zero-order chi connectivity index (χ0) is 18.0. The van der Waals surface area contributed by atoms with E-state index in [2.05, 4.69) is 40.9 Å². The molecule has 0 unspecified atom stereocenters. The van der Waals surface area contributed by atoms with Gasteiger partial charge in [-0.15, -0.1) is 0 Å². The standard InChI is InChI=1S/C20H20ClN3O/c1-4-24(5-2)15-8-10-17(13(3)12-15)22-18-11-7-14-6-9-16(21)20(25)19(14)23-18/h6-12H,4-5H2,1-3H3. The minimum atomic E-state index is -0.259. The molecular weight excluding hydrogens is 334 g/mol. The molecule has 4 nitrogen and oxygen atoms in total. The highest BCUT2D eigenvalue weighted by Crippen LogP contribution is 2.26. The van der Waals surface area contributed by atoms with E-state index in [1.54, 1.807) is 12.2 Å². The van der Waals surface area contributed by atoms with Crippen molar-refractivity contribution in [2.75, 3.05) is 18.0 Å². The number of ketones is 1. The molecule has 0 radical (unpaired) electrons. The van der Waals surface area contributed by atoms with Crippen LogP contribution in [0.4, 0.5) is 11.4 Å². The maximum absolute atomic E-state index is 12.1. The molecule has 0 saturated heterocycles. The number of aliphatic imine (C=N–C) groups is 2. The Hall–Kier alpha value is -2.46. The van der Waals surface area contributed by atoms with E-state index < -0.39 is 0 Å². The molecule has 0 atom stereocenters. The Morgan fingerprint density at radius 2 is 1.92 bits per heavy atom. The van der Waals surface area contributed by atoms with Crippen molar-refractivity contribution in [2.45, 2.75) is 20.8 Å². The van der Waals surface area contributed by atoms with Crippen LogP contribution >= 0.6 is 11.6 Å². The highest BCUT2D eigenvalue weighted by Gasteiger charge is 2.24. The lowest BCUT2D eigenvalue weighted by atomic mass is 9.98. The van der Waals surface area contributed by atoms with Crippen molar-refractivity contribution in [1.82, 2.24) is 0 Å². The third-order valence-corrected chi connectivity index (χ3v) is 4.59. The van der Waals surface area contributed by atoms with Gasteiger partial charge in [0.1, 0.15) is 5.71 Å². The number of nitrogens with zero attached hydrogens (tertiary/aromatic N) is 3. The lowest BCUT2D eigenvalue weighted by molar-refractivity contribution is -0.109. The van der Waals surface area contributed by atoms with Gasteiger partial charge in [-0.25, -0.2) is 9.98 Å². The molecule has 1 aromatic carbocycles. The Labute approximate surface area is 152 Å². The van der Waals surface area contributed by atoms with E-state index in [1.807, 2.05) is 25.1 Å². The second kappa shape index (κ2) is 7.19. The van der Waals surface area contributed by atoms with Crippen LogP contribution in [0, 0.1) is 6.92 Å². The van der Waals surface area contributed by atoms with Gasteiger partial charge in [0.05, 0.1) is 10.7 Å². The number of dihydropyridines is 1. The summed E-state index contributed by atoms with van der Waals surface area (Å²) in [6.07, 6.45) is 7.05. The number of halogens is 1. The molecule has 0 N–H and O–H groups in total. The molecule has 0 bridgehead atoms. The first-order valence-electron chi connectivity index (χ1n) is 8.37.